The summed E-state index contributed by atoms with van der Waals surface area (Å²) in [4.78, 5) is 11.3. The lowest BCUT2D eigenvalue weighted by molar-refractivity contribution is -0.115. The molecule has 0 heterocycles. The minimum Gasteiger partial charge on any atom is -0.325 e. The fraction of sp³-hybridized carbons (Fsp3) is 0.300. The number of amides is 1. The van der Waals surface area contributed by atoms with E-state index < -0.39 is 0 Å². The molecule has 0 aromatic heterocycles. The monoisotopic (exact) mass is 229 g/mol. The van der Waals surface area contributed by atoms with Gasteiger partial charge in [-0.05, 0) is 24.3 Å². The molecule has 76 valence electrons. The Morgan fingerprint density at radius 2 is 2.29 bits per heavy atom. The number of rotatable bonds is 3. The zero-order chi connectivity index (χ0) is 10.6. The maximum atomic E-state index is 11.3. The van der Waals surface area contributed by atoms with Gasteiger partial charge in [-0.25, -0.2) is 0 Å². The molecule has 14 heavy (non-hydrogen) atoms. The Kier molecular flexibility index (Phi) is 4.29. The molecule has 0 saturated heterocycles. The fourth-order valence-electron chi connectivity index (χ4n) is 1.06. The molecule has 1 aromatic carbocycles. The smallest absolute Gasteiger partial charge is 0.225 e. The van der Waals surface area contributed by atoms with Crippen molar-refractivity contribution in [2.24, 2.45) is 0 Å². The van der Waals surface area contributed by atoms with E-state index in [1.807, 2.05) is 19.1 Å². The van der Waals surface area contributed by atoms with Crippen molar-refractivity contribution in [3.05, 3.63) is 28.8 Å². The molecule has 0 aliphatic rings. The zero-order valence-corrected chi connectivity index (χ0v) is 9.53. The molecular formula is C10H12ClNOS. The summed E-state index contributed by atoms with van der Waals surface area (Å²) in [5.41, 5.74) is 1.62. The van der Waals surface area contributed by atoms with E-state index in [1.165, 1.54) is 0 Å². The fourth-order valence-corrected chi connectivity index (χ4v) is 1.43. The van der Waals surface area contributed by atoms with Gasteiger partial charge in [-0.3, -0.25) is 4.79 Å². The first-order valence-electron chi connectivity index (χ1n) is 4.31. The van der Waals surface area contributed by atoms with Crippen LogP contribution in [-0.4, -0.2) is 11.7 Å². The molecule has 0 spiro atoms. The molecule has 1 amide bonds. The van der Waals surface area contributed by atoms with Crippen LogP contribution in [0.4, 0.5) is 5.69 Å². The van der Waals surface area contributed by atoms with Gasteiger partial charge in [-0.2, -0.15) is 12.6 Å². The SMILES string of the molecule is Cc1cccc(NC(=O)CCS)c1Cl. The largest absolute Gasteiger partial charge is 0.325 e. The Balaban J connectivity index is 2.76. The molecule has 0 saturated carbocycles. The van der Waals surface area contributed by atoms with Crippen molar-refractivity contribution in [2.75, 3.05) is 11.1 Å². The van der Waals surface area contributed by atoms with Gasteiger partial charge < -0.3 is 5.32 Å². The number of hydrogen-bond acceptors (Lipinski definition) is 2. The third kappa shape index (κ3) is 2.93. The Morgan fingerprint density at radius 1 is 1.57 bits per heavy atom. The second kappa shape index (κ2) is 5.27. The van der Waals surface area contributed by atoms with Gasteiger partial charge in [0.2, 0.25) is 5.91 Å². The van der Waals surface area contributed by atoms with Crippen LogP contribution in [0.15, 0.2) is 18.2 Å². The zero-order valence-electron chi connectivity index (χ0n) is 7.88. The van der Waals surface area contributed by atoms with E-state index in [4.69, 9.17) is 11.6 Å². The van der Waals surface area contributed by atoms with Crippen LogP contribution in [-0.2, 0) is 4.79 Å². The third-order valence-electron chi connectivity index (χ3n) is 1.80. The van der Waals surface area contributed by atoms with Crippen LogP contribution in [0, 0.1) is 6.92 Å². The summed E-state index contributed by atoms with van der Waals surface area (Å²) in [5.74, 6) is 0.474. The Labute approximate surface area is 94.1 Å². The summed E-state index contributed by atoms with van der Waals surface area (Å²) in [6.07, 6.45) is 0.396. The van der Waals surface area contributed by atoms with Crippen LogP contribution in [0.5, 0.6) is 0 Å². The number of nitrogens with one attached hydrogen (secondary N) is 1. The summed E-state index contributed by atoms with van der Waals surface area (Å²) in [6.45, 7) is 1.90. The minimum atomic E-state index is -0.0625. The molecule has 2 nitrogen and oxygen atoms in total. The number of halogens is 1. The van der Waals surface area contributed by atoms with Gasteiger partial charge in [0.15, 0.2) is 0 Å². The molecule has 4 heteroatoms. The predicted molar refractivity (Wildman–Crippen MR) is 63.3 cm³/mol. The van der Waals surface area contributed by atoms with Crippen molar-refractivity contribution < 1.29 is 4.79 Å². The number of carbonyl (C=O) groups is 1. The first-order chi connectivity index (χ1) is 6.65. The molecular weight excluding hydrogens is 218 g/mol. The number of anilines is 1. The first-order valence-corrected chi connectivity index (χ1v) is 5.32. The summed E-state index contributed by atoms with van der Waals surface area (Å²) >= 11 is 9.98. The van der Waals surface area contributed by atoms with E-state index in [-0.39, 0.29) is 5.91 Å². The minimum absolute atomic E-state index is 0.0625. The van der Waals surface area contributed by atoms with Crippen molar-refractivity contribution >= 4 is 35.8 Å². The third-order valence-corrected chi connectivity index (χ3v) is 2.53. The maximum absolute atomic E-state index is 11.3. The molecule has 0 fully saturated rings. The van der Waals surface area contributed by atoms with E-state index in [0.29, 0.717) is 22.9 Å². The molecule has 0 aliphatic carbocycles. The lowest BCUT2D eigenvalue weighted by atomic mass is 10.2. The van der Waals surface area contributed by atoms with Crippen LogP contribution < -0.4 is 5.32 Å². The van der Waals surface area contributed by atoms with Gasteiger partial charge in [0.05, 0.1) is 10.7 Å². The van der Waals surface area contributed by atoms with Crippen LogP contribution in [0.3, 0.4) is 0 Å². The number of carbonyl (C=O) groups excluding carboxylic acids is 1. The lowest BCUT2D eigenvalue weighted by Gasteiger charge is -2.07. The van der Waals surface area contributed by atoms with E-state index in [2.05, 4.69) is 17.9 Å². The highest BCUT2D eigenvalue weighted by Crippen LogP contribution is 2.24. The van der Waals surface area contributed by atoms with Gasteiger partial charge in [0.1, 0.15) is 0 Å². The van der Waals surface area contributed by atoms with E-state index >= 15 is 0 Å². The van der Waals surface area contributed by atoms with Crippen molar-refractivity contribution in [2.45, 2.75) is 13.3 Å². The average molecular weight is 230 g/mol. The number of aryl methyl sites for hydroxylation is 1. The quantitative estimate of drug-likeness (QED) is 0.767. The van der Waals surface area contributed by atoms with Gasteiger partial charge in [-0.1, -0.05) is 23.7 Å². The Bertz CT molecular complexity index is 341. The first kappa shape index (κ1) is 11.4. The molecule has 0 radical (unpaired) electrons. The van der Waals surface area contributed by atoms with Crippen molar-refractivity contribution in [1.29, 1.82) is 0 Å². The van der Waals surface area contributed by atoms with Gasteiger partial charge in [0.25, 0.3) is 0 Å². The molecule has 0 aliphatic heterocycles. The van der Waals surface area contributed by atoms with Gasteiger partial charge in [-0.15, -0.1) is 0 Å². The summed E-state index contributed by atoms with van der Waals surface area (Å²) < 4.78 is 0. The van der Waals surface area contributed by atoms with Crippen LogP contribution in [0.25, 0.3) is 0 Å². The standard InChI is InChI=1S/C10H12ClNOS/c1-7-3-2-4-8(10(7)11)12-9(13)5-6-14/h2-4,14H,5-6H2,1H3,(H,12,13). The summed E-state index contributed by atoms with van der Waals surface area (Å²) in [5, 5.41) is 3.33. The maximum Gasteiger partial charge on any atom is 0.225 e. The number of benzene rings is 1. The normalized spacial score (nSPS) is 9.93. The second-order valence-corrected chi connectivity index (χ2v) is 3.78. The predicted octanol–water partition coefficient (Wildman–Crippen LogP) is 2.91. The highest BCUT2D eigenvalue weighted by molar-refractivity contribution is 7.80. The van der Waals surface area contributed by atoms with Crippen LogP contribution in [0.1, 0.15) is 12.0 Å². The molecule has 1 rings (SSSR count). The van der Waals surface area contributed by atoms with E-state index in [0.717, 1.165) is 5.56 Å². The number of thiol groups is 1. The molecule has 1 aromatic rings. The second-order valence-electron chi connectivity index (χ2n) is 2.96. The van der Waals surface area contributed by atoms with Crippen LogP contribution >= 0.6 is 24.2 Å². The van der Waals surface area contributed by atoms with E-state index in [1.54, 1.807) is 6.07 Å². The van der Waals surface area contributed by atoms with Crippen molar-refractivity contribution in [1.82, 2.24) is 0 Å². The average Bonchev–Trinajstić information content (AvgIpc) is 2.13. The van der Waals surface area contributed by atoms with Crippen LogP contribution in [0.2, 0.25) is 5.02 Å². The summed E-state index contributed by atoms with van der Waals surface area (Å²) in [6, 6.07) is 5.54. The molecule has 0 unspecified atom stereocenters. The summed E-state index contributed by atoms with van der Waals surface area (Å²) in [7, 11) is 0. The lowest BCUT2D eigenvalue weighted by Crippen LogP contribution is -2.12. The van der Waals surface area contributed by atoms with Gasteiger partial charge in [0, 0.05) is 6.42 Å². The molecule has 0 bridgehead atoms. The topological polar surface area (TPSA) is 29.1 Å². The highest BCUT2D eigenvalue weighted by Gasteiger charge is 2.05. The van der Waals surface area contributed by atoms with Crippen molar-refractivity contribution in [3.63, 3.8) is 0 Å². The van der Waals surface area contributed by atoms with Crippen molar-refractivity contribution in [3.8, 4) is 0 Å². The number of hydrogen-bond donors (Lipinski definition) is 2. The molecule has 0 atom stereocenters. The highest BCUT2D eigenvalue weighted by atomic mass is 35.5. The Hall–Kier alpha value is -0.670. The van der Waals surface area contributed by atoms with E-state index in [9.17, 15) is 4.79 Å². The molecule has 1 N–H and O–H groups in total. The van der Waals surface area contributed by atoms with Gasteiger partial charge >= 0.3 is 0 Å². The Morgan fingerprint density at radius 3 is 2.93 bits per heavy atom.